The molecule has 1 fully saturated rings. The molecular formula is C30H25NO. The summed E-state index contributed by atoms with van der Waals surface area (Å²) in [6.45, 7) is 2.16. The number of furan rings is 1. The van der Waals surface area contributed by atoms with Crippen LogP contribution >= 0.6 is 0 Å². The van der Waals surface area contributed by atoms with Crippen LogP contribution in [-0.4, -0.2) is 0 Å². The maximum atomic E-state index is 6.29. The predicted octanol–water partition coefficient (Wildman–Crippen LogP) is 7.17. The number of benzene rings is 3. The minimum absolute atomic E-state index is 0.00910. The van der Waals surface area contributed by atoms with Crippen LogP contribution < -0.4 is 5.32 Å². The number of para-hydroxylation sites is 1. The first-order chi connectivity index (χ1) is 15.7. The summed E-state index contributed by atoms with van der Waals surface area (Å²) < 4.78 is 6.29. The zero-order chi connectivity index (χ0) is 21.2. The van der Waals surface area contributed by atoms with Crippen molar-refractivity contribution < 1.29 is 4.42 Å². The van der Waals surface area contributed by atoms with Crippen LogP contribution in [0, 0.1) is 12.8 Å². The fourth-order valence-corrected chi connectivity index (χ4v) is 5.68. The zero-order valence-electron chi connectivity index (χ0n) is 18.1. The van der Waals surface area contributed by atoms with E-state index < -0.39 is 0 Å². The molecule has 1 N–H and O–H groups in total. The van der Waals surface area contributed by atoms with E-state index in [1.807, 2.05) is 12.1 Å². The zero-order valence-corrected chi connectivity index (χ0v) is 18.1. The van der Waals surface area contributed by atoms with Crippen molar-refractivity contribution in [3.63, 3.8) is 0 Å². The van der Waals surface area contributed by atoms with E-state index in [1.54, 1.807) is 11.1 Å². The van der Waals surface area contributed by atoms with Gasteiger partial charge in [0.2, 0.25) is 0 Å². The lowest BCUT2D eigenvalue weighted by Gasteiger charge is -2.25. The van der Waals surface area contributed by atoms with Gasteiger partial charge in [-0.25, -0.2) is 0 Å². The van der Waals surface area contributed by atoms with Crippen LogP contribution in [0.15, 0.2) is 89.4 Å². The Morgan fingerprint density at radius 3 is 2.75 bits per heavy atom. The third-order valence-corrected chi connectivity index (χ3v) is 7.32. The van der Waals surface area contributed by atoms with Gasteiger partial charge in [0.1, 0.15) is 17.4 Å². The molecule has 1 aromatic heterocycles. The molecule has 32 heavy (non-hydrogen) atoms. The summed E-state index contributed by atoms with van der Waals surface area (Å²) >= 11 is 0. The largest absolute Gasteiger partial charge is 0.459 e. The highest BCUT2D eigenvalue weighted by molar-refractivity contribution is 5.88. The second-order valence-corrected chi connectivity index (χ2v) is 9.54. The number of rotatable bonds is 3. The lowest BCUT2D eigenvalue weighted by molar-refractivity contribution is 0.509. The molecule has 0 amide bonds. The molecule has 2 heterocycles. The Labute approximate surface area is 188 Å². The maximum Gasteiger partial charge on any atom is 0.134 e. The van der Waals surface area contributed by atoms with Crippen LogP contribution in [0.3, 0.4) is 0 Å². The van der Waals surface area contributed by atoms with Crippen molar-refractivity contribution in [3.05, 3.63) is 119 Å². The standard InChI is InChI=1S/C30H25NO/c1-18-6-4-8-19(12-18)22-15-26(24-10-5-9-21-13-23-14-25(23)30(21)24)31-27(16-22)29-17-20-7-2-3-11-28(20)32-29/h2-12,15-17,23,25,27,31H,13-14H2,1H3/t23-,25?,27?/m0/s1. The van der Waals surface area contributed by atoms with Crippen LogP contribution in [0.4, 0.5) is 0 Å². The van der Waals surface area contributed by atoms with Crippen LogP contribution in [-0.2, 0) is 6.42 Å². The molecule has 0 saturated heterocycles. The topological polar surface area (TPSA) is 25.2 Å². The molecule has 2 unspecified atom stereocenters. The summed E-state index contributed by atoms with van der Waals surface area (Å²) in [4.78, 5) is 0. The van der Waals surface area contributed by atoms with E-state index in [2.05, 4.69) is 85.1 Å². The third kappa shape index (κ3) is 2.86. The summed E-state index contributed by atoms with van der Waals surface area (Å²) in [7, 11) is 0. The molecule has 4 aromatic rings. The predicted molar refractivity (Wildman–Crippen MR) is 130 cm³/mol. The highest BCUT2D eigenvalue weighted by Gasteiger charge is 2.46. The van der Waals surface area contributed by atoms with Gasteiger partial charge >= 0.3 is 0 Å². The second-order valence-electron chi connectivity index (χ2n) is 9.54. The molecule has 2 nitrogen and oxygen atoms in total. The Bertz CT molecular complexity index is 1400. The molecule has 1 aliphatic heterocycles. The number of dihydropyridines is 1. The Morgan fingerprint density at radius 2 is 1.84 bits per heavy atom. The van der Waals surface area contributed by atoms with Gasteiger partial charge in [0, 0.05) is 16.6 Å². The molecule has 156 valence electrons. The van der Waals surface area contributed by atoms with E-state index in [0.717, 1.165) is 28.6 Å². The van der Waals surface area contributed by atoms with E-state index in [9.17, 15) is 0 Å². The molecule has 7 rings (SSSR count). The van der Waals surface area contributed by atoms with Gasteiger partial charge in [-0.3, -0.25) is 0 Å². The number of aryl methyl sites for hydroxylation is 1. The number of fused-ring (bicyclic) bond motifs is 4. The van der Waals surface area contributed by atoms with Gasteiger partial charge in [-0.1, -0.05) is 66.2 Å². The molecule has 2 heteroatoms. The van der Waals surface area contributed by atoms with Crippen molar-refractivity contribution in [1.29, 1.82) is 0 Å². The molecule has 1 saturated carbocycles. The van der Waals surface area contributed by atoms with Crippen LogP contribution in [0.1, 0.15) is 52.0 Å². The lowest BCUT2D eigenvalue weighted by Crippen LogP contribution is -2.22. The van der Waals surface area contributed by atoms with Crippen molar-refractivity contribution in [2.45, 2.75) is 31.7 Å². The monoisotopic (exact) mass is 415 g/mol. The summed E-state index contributed by atoms with van der Waals surface area (Å²) in [5.41, 5.74) is 10.4. The molecular weight excluding hydrogens is 390 g/mol. The second kappa shape index (κ2) is 6.74. The number of hydrogen-bond acceptors (Lipinski definition) is 2. The van der Waals surface area contributed by atoms with Gasteiger partial charge in [0.05, 0.1) is 0 Å². The fraction of sp³-hybridized carbons (Fsp3) is 0.200. The first kappa shape index (κ1) is 18.1. The summed E-state index contributed by atoms with van der Waals surface area (Å²) in [6.07, 6.45) is 7.23. The van der Waals surface area contributed by atoms with Crippen molar-refractivity contribution in [3.8, 4) is 0 Å². The summed E-state index contributed by atoms with van der Waals surface area (Å²) in [5, 5.41) is 4.97. The smallest absolute Gasteiger partial charge is 0.134 e. The third-order valence-electron chi connectivity index (χ3n) is 7.32. The van der Waals surface area contributed by atoms with Crippen molar-refractivity contribution >= 4 is 22.2 Å². The Hall–Kier alpha value is -3.52. The Balaban J connectivity index is 1.37. The van der Waals surface area contributed by atoms with Gasteiger partial charge in [-0.05, 0) is 78.1 Å². The lowest BCUT2D eigenvalue weighted by atomic mass is 9.91. The van der Waals surface area contributed by atoms with Crippen molar-refractivity contribution in [2.75, 3.05) is 0 Å². The highest BCUT2D eigenvalue weighted by Crippen LogP contribution is 2.58. The molecule has 0 bridgehead atoms. The van der Waals surface area contributed by atoms with Gasteiger partial charge in [-0.15, -0.1) is 0 Å². The van der Waals surface area contributed by atoms with Crippen LogP contribution in [0.5, 0.6) is 0 Å². The van der Waals surface area contributed by atoms with Gasteiger partial charge in [-0.2, -0.15) is 0 Å². The van der Waals surface area contributed by atoms with E-state index in [1.165, 1.54) is 40.8 Å². The van der Waals surface area contributed by atoms with Gasteiger partial charge in [0.25, 0.3) is 0 Å². The molecule has 2 aliphatic carbocycles. The maximum absolute atomic E-state index is 6.29. The van der Waals surface area contributed by atoms with Crippen LogP contribution in [0.2, 0.25) is 0 Å². The fourth-order valence-electron chi connectivity index (χ4n) is 5.68. The average molecular weight is 416 g/mol. The SMILES string of the molecule is Cc1cccc(C2=CC(c3cc4ccccc4o3)NC(c3cccc4c3C3C[C@@H]3C4)=C2)c1. The quantitative estimate of drug-likeness (QED) is 0.384. The summed E-state index contributed by atoms with van der Waals surface area (Å²) in [6, 6.07) is 26.0. The molecule has 0 radical (unpaired) electrons. The first-order valence-electron chi connectivity index (χ1n) is 11.6. The van der Waals surface area contributed by atoms with E-state index in [4.69, 9.17) is 4.42 Å². The van der Waals surface area contributed by atoms with Crippen molar-refractivity contribution in [1.82, 2.24) is 5.32 Å². The number of hydrogen-bond donors (Lipinski definition) is 1. The normalized spacial score (nSPS) is 23.2. The average Bonchev–Trinajstić information content (AvgIpc) is 3.28. The van der Waals surface area contributed by atoms with E-state index in [-0.39, 0.29) is 6.04 Å². The molecule has 3 atom stereocenters. The molecule has 0 spiro atoms. The Kier molecular flexibility index (Phi) is 3.81. The van der Waals surface area contributed by atoms with Crippen molar-refractivity contribution in [2.24, 2.45) is 5.92 Å². The minimum Gasteiger partial charge on any atom is -0.459 e. The first-order valence-corrected chi connectivity index (χ1v) is 11.6. The number of nitrogens with one attached hydrogen (secondary N) is 1. The van der Waals surface area contributed by atoms with Crippen LogP contribution in [0.25, 0.3) is 22.2 Å². The van der Waals surface area contributed by atoms with Gasteiger partial charge < -0.3 is 9.73 Å². The number of allylic oxidation sites excluding steroid dienone is 2. The minimum atomic E-state index is -0.00910. The Morgan fingerprint density at radius 1 is 0.938 bits per heavy atom. The summed E-state index contributed by atoms with van der Waals surface area (Å²) in [5.74, 6) is 2.58. The van der Waals surface area contributed by atoms with E-state index in [0.29, 0.717) is 0 Å². The van der Waals surface area contributed by atoms with Gasteiger partial charge in [0.15, 0.2) is 0 Å². The highest BCUT2D eigenvalue weighted by atomic mass is 16.3. The van der Waals surface area contributed by atoms with E-state index >= 15 is 0 Å². The molecule has 3 aliphatic rings. The molecule has 3 aromatic carbocycles.